The topological polar surface area (TPSA) is 52.6 Å². The van der Waals surface area contributed by atoms with Crippen LogP contribution in [0, 0.1) is 6.92 Å². The summed E-state index contributed by atoms with van der Waals surface area (Å²) in [5.74, 6) is 0. The molecule has 1 atom stereocenters. The number of halogens is 1. The van der Waals surface area contributed by atoms with Crippen LogP contribution in [0.2, 0.25) is 0 Å². The molecule has 0 heterocycles. The summed E-state index contributed by atoms with van der Waals surface area (Å²) in [5.41, 5.74) is 1.80. The Morgan fingerprint density at radius 3 is 2.82 bits per heavy atom. The first-order valence-corrected chi connectivity index (χ1v) is 6.15. The number of carbonyl (C=O) groups excluding carboxylic acids is 1. The number of hydrogen-bond acceptors (Lipinski definition) is 2. The average Bonchev–Trinajstić information content (AvgIpc) is 2.31. The van der Waals surface area contributed by atoms with Crippen molar-refractivity contribution in [1.29, 1.82) is 0 Å². The van der Waals surface area contributed by atoms with Gasteiger partial charge in [0.2, 0.25) is 0 Å². The Bertz CT molecular complexity index is 409. The third kappa shape index (κ3) is 3.71. The van der Waals surface area contributed by atoms with Crippen LogP contribution < -0.4 is 5.32 Å². The Kier molecular flexibility index (Phi) is 4.96. The van der Waals surface area contributed by atoms with Gasteiger partial charge in [-0.2, -0.15) is 0 Å². The van der Waals surface area contributed by atoms with E-state index < -0.39 is 0 Å². The number of carbonyl (C=O) groups is 1. The summed E-state index contributed by atoms with van der Waals surface area (Å²) in [4.78, 5) is 13.3. The standard InChI is InChI=1S/C12H17BrN2O2/c1-8-4-5-10(13)11(6-8)14-12(17)15(3)9(2)7-16/h4-6,9,16H,7H2,1-3H3,(H,14,17). The van der Waals surface area contributed by atoms with Crippen molar-refractivity contribution in [2.75, 3.05) is 19.0 Å². The number of nitrogens with one attached hydrogen (secondary N) is 1. The molecule has 1 aromatic carbocycles. The Morgan fingerprint density at radius 1 is 1.59 bits per heavy atom. The molecule has 0 saturated carbocycles. The zero-order chi connectivity index (χ0) is 13.0. The van der Waals surface area contributed by atoms with Gasteiger partial charge in [0.25, 0.3) is 0 Å². The second kappa shape index (κ2) is 6.02. The highest BCUT2D eigenvalue weighted by molar-refractivity contribution is 9.10. The van der Waals surface area contributed by atoms with Crippen molar-refractivity contribution >= 4 is 27.6 Å². The quantitative estimate of drug-likeness (QED) is 0.901. The molecule has 0 spiro atoms. The van der Waals surface area contributed by atoms with Gasteiger partial charge < -0.3 is 15.3 Å². The maximum Gasteiger partial charge on any atom is 0.321 e. The minimum atomic E-state index is -0.238. The Labute approximate surface area is 110 Å². The first-order chi connectivity index (χ1) is 7.95. The molecule has 5 heteroatoms. The molecule has 1 rings (SSSR count). The molecule has 2 amide bonds. The molecule has 0 bridgehead atoms. The lowest BCUT2D eigenvalue weighted by Gasteiger charge is -2.23. The molecule has 0 aromatic heterocycles. The summed E-state index contributed by atoms with van der Waals surface area (Å²) in [7, 11) is 1.65. The summed E-state index contributed by atoms with van der Waals surface area (Å²) in [5, 5.41) is 11.8. The molecule has 1 aromatic rings. The van der Waals surface area contributed by atoms with E-state index in [0.29, 0.717) is 0 Å². The predicted octanol–water partition coefficient (Wildman–Crippen LogP) is 2.60. The van der Waals surface area contributed by atoms with Gasteiger partial charge in [0, 0.05) is 11.5 Å². The largest absolute Gasteiger partial charge is 0.394 e. The SMILES string of the molecule is Cc1ccc(Br)c(NC(=O)N(C)C(C)CO)c1. The number of benzene rings is 1. The van der Waals surface area contributed by atoms with Crippen LogP contribution in [0.3, 0.4) is 0 Å². The molecule has 0 aliphatic rings. The van der Waals surface area contributed by atoms with Crippen LogP contribution in [0.4, 0.5) is 10.5 Å². The van der Waals surface area contributed by atoms with Gasteiger partial charge in [-0.15, -0.1) is 0 Å². The van der Waals surface area contributed by atoms with Crippen LogP contribution in [-0.4, -0.2) is 35.7 Å². The number of nitrogens with zero attached hydrogens (tertiary/aromatic N) is 1. The van der Waals surface area contributed by atoms with E-state index in [9.17, 15) is 4.79 Å². The van der Waals surface area contributed by atoms with E-state index in [0.717, 1.165) is 15.7 Å². The molecular weight excluding hydrogens is 284 g/mol. The highest BCUT2D eigenvalue weighted by Gasteiger charge is 2.15. The summed E-state index contributed by atoms with van der Waals surface area (Å²) < 4.78 is 0.835. The van der Waals surface area contributed by atoms with Crippen LogP contribution >= 0.6 is 15.9 Å². The monoisotopic (exact) mass is 300 g/mol. The normalized spacial score (nSPS) is 12.1. The molecule has 2 N–H and O–H groups in total. The van der Waals surface area contributed by atoms with Crippen LogP contribution in [-0.2, 0) is 0 Å². The number of aryl methyl sites for hydroxylation is 1. The third-order valence-electron chi connectivity index (χ3n) is 2.61. The Balaban J connectivity index is 2.77. The fourth-order valence-corrected chi connectivity index (χ4v) is 1.61. The number of hydrogen-bond donors (Lipinski definition) is 2. The minimum Gasteiger partial charge on any atom is -0.394 e. The molecular formula is C12H17BrN2O2. The lowest BCUT2D eigenvalue weighted by atomic mass is 10.2. The number of urea groups is 1. The number of rotatable bonds is 3. The minimum absolute atomic E-state index is 0.0566. The number of amides is 2. The van der Waals surface area contributed by atoms with Crippen molar-refractivity contribution in [2.45, 2.75) is 19.9 Å². The maximum absolute atomic E-state index is 11.9. The van der Waals surface area contributed by atoms with Crippen LogP contribution in [0.25, 0.3) is 0 Å². The van der Waals surface area contributed by atoms with Gasteiger partial charge >= 0.3 is 6.03 Å². The zero-order valence-electron chi connectivity index (χ0n) is 10.2. The average molecular weight is 301 g/mol. The van der Waals surface area contributed by atoms with Gasteiger partial charge in [0.05, 0.1) is 18.3 Å². The molecule has 0 radical (unpaired) electrons. The van der Waals surface area contributed by atoms with Crippen LogP contribution in [0.5, 0.6) is 0 Å². The van der Waals surface area contributed by atoms with Crippen molar-refractivity contribution in [2.24, 2.45) is 0 Å². The second-order valence-corrected chi connectivity index (χ2v) is 4.91. The number of likely N-dealkylation sites (N-methyl/N-ethyl adjacent to an activating group) is 1. The van der Waals surface area contributed by atoms with E-state index in [1.165, 1.54) is 4.90 Å². The van der Waals surface area contributed by atoms with Gasteiger partial charge in [-0.3, -0.25) is 0 Å². The van der Waals surface area contributed by atoms with Crippen molar-refractivity contribution in [3.8, 4) is 0 Å². The van der Waals surface area contributed by atoms with Crippen molar-refractivity contribution in [3.05, 3.63) is 28.2 Å². The van der Waals surface area contributed by atoms with Gasteiger partial charge in [0.15, 0.2) is 0 Å². The summed E-state index contributed by atoms with van der Waals surface area (Å²) in [6.07, 6.45) is 0. The Hall–Kier alpha value is -1.07. The van der Waals surface area contributed by atoms with Gasteiger partial charge in [-0.05, 0) is 47.5 Å². The van der Waals surface area contributed by atoms with Crippen LogP contribution in [0.1, 0.15) is 12.5 Å². The highest BCUT2D eigenvalue weighted by Crippen LogP contribution is 2.23. The fourth-order valence-electron chi connectivity index (χ4n) is 1.26. The van der Waals surface area contributed by atoms with Gasteiger partial charge in [-0.25, -0.2) is 4.79 Å². The van der Waals surface area contributed by atoms with E-state index in [-0.39, 0.29) is 18.7 Å². The van der Waals surface area contributed by atoms with Gasteiger partial charge in [0.1, 0.15) is 0 Å². The maximum atomic E-state index is 11.9. The summed E-state index contributed by atoms with van der Waals surface area (Å²) >= 11 is 3.38. The van der Waals surface area contributed by atoms with Crippen molar-refractivity contribution in [3.63, 3.8) is 0 Å². The third-order valence-corrected chi connectivity index (χ3v) is 3.30. The lowest BCUT2D eigenvalue weighted by molar-refractivity contribution is 0.166. The van der Waals surface area contributed by atoms with Crippen LogP contribution in [0.15, 0.2) is 22.7 Å². The number of aliphatic hydroxyl groups is 1. The van der Waals surface area contributed by atoms with E-state index in [2.05, 4.69) is 21.2 Å². The smallest absolute Gasteiger partial charge is 0.321 e. The highest BCUT2D eigenvalue weighted by atomic mass is 79.9. The zero-order valence-corrected chi connectivity index (χ0v) is 11.8. The van der Waals surface area contributed by atoms with E-state index in [4.69, 9.17) is 5.11 Å². The second-order valence-electron chi connectivity index (χ2n) is 4.06. The molecule has 0 saturated heterocycles. The van der Waals surface area contributed by atoms with E-state index >= 15 is 0 Å². The first kappa shape index (κ1) is 14.0. The fraction of sp³-hybridized carbons (Fsp3) is 0.417. The Morgan fingerprint density at radius 2 is 2.24 bits per heavy atom. The van der Waals surface area contributed by atoms with E-state index in [1.54, 1.807) is 14.0 Å². The summed E-state index contributed by atoms with van der Waals surface area (Å²) in [6, 6.07) is 5.29. The lowest BCUT2D eigenvalue weighted by Crippen LogP contribution is -2.40. The summed E-state index contributed by atoms with van der Waals surface area (Å²) in [6.45, 7) is 3.69. The molecule has 94 valence electrons. The van der Waals surface area contributed by atoms with Crippen molar-refractivity contribution < 1.29 is 9.90 Å². The number of anilines is 1. The molecule has 0 aliphatic carbocycles. The van der Waals surface area contributed by atoms with Crippen molar-refractivity contribution in [1.82, 2.24) is 4.90 Å². The first-order valence-electron chi connectivity index (χ1n) is 5.36. The molecule has 0 fully saturated rings. The van der Waals surface area contributed by atoms with Gasteiger partial charge in [-0.1, -0.05) is 6.07 Å². The molecule has 17 heavy (non-hydrogen) atoms. The molecule has 1 unspecified atom stereocenters. The van der Waals surface area contributed by atoms with E-state index in [1.807, 2.05) is 25.1 Å². The number of aliphatic hydroxyl groups excluding tert-OH is 1. The predicted molar refractivity (Wildman–Crippen MR) is 72.2 cm³/mol. The molecule has 0 aliphatic heterocycles. The molecule has 4 nitrogen and oxygen atoms in total.